The minimum absolute atomic E-state index is 0.00828. The second-order valence-corrected chi connectivity index (χ2v) is 6.30. The van der Waals surface area contributed by atoms with Gasteiger partial charge in [0.2, 0.25) is 10.0 Å². The number of aromatic amines is 1. The van der Waals surface area contributed by atoms with Gasteiger partial charge in [-0.15, -0.1) is 0 Å². The Bertz CT molecular complexity index is 730. The van der Waals surface area contributed by atoms with E-state index in [2.05, 4.69) is 35.8 Å². The Morgan fingerprint density at radius 2 is 2.20 bits per heavy atom. The number of rotatable bonds is 5. The summed E-state index contributed by atoms with van der Waals surface area (Å²) >= 11 is 3.05. The van der Waals surface area contributed by atoms with E-state index in [9.17, 15) is 13.2 Å². The fourth-order valence-electron chi connectivity index (χ4n) is 1.41. The van der Waals surface area contributed by atoms with Crippen LogP contribution in [0.5, 0.6) is 0 Å². The molecule has 0 atom stereocenters. The van der Waals surface area contributed by atoms with Gasteiger partial charge in [-0.2, -0.15) is 5.10 Å². The van der Waals surface area contributed by atoms with Crippen LogP contribution in [0.4, 0.5) is 0 Å². The lowest BCUT2D eigenvalue weighted by molar-refractivity contribution is 0.0696. The third-order valence-electron chi connectivity index (χ3n) is 2.36. The van der Waals surface area contributed by atoms with Gasteiger partial charge in [0.25, 0.3) is 0 Å². The molecule has 0 spiro atoms. The number of aromatic carboxylic acids is 1. The summed E-state index contributed by atoms with van der Waals surface area (Å²) < 4.78 is 26.7. The lowest BCUT2D eigenvalue weighted by atomic mass is 10.2. The Morgan fingerprint density at radius 3 is 2.75 bits per heavy atom. The van der Waals surface area contributed by atoms with Gasteiger partial charge in [0.15, 0.2) is 0 Å². The highest BCUT2D eigenvalue weighted by Gasteiger charge is 2.19. The number of benzene rings is 1. The van der Waals surface area contributed by atoms with E-state index in [-0.39, 0.29) is 21.5 Å². The first-order valence-electron chi connectivity index (χ1n) is 5.27. The molecule has 0 radical (unpaired) electrons. The minimum Gasteiger partial charge on any atom is -0.478 e. The first-order valence-corrected chi connectivity index (χ1v) is 7.54. The largest absolute Gasteiger partial charge is 0.478 e. The van der Waals surface area contributed by atoms with Gasteiger partial charge in [0, 0.05) is 4.47 Å². The molecule has 0 aliphatic rings. The summed E-state index contributed by atoms with van der Waals surface area (Å²) in [5.74, 6) is -0.767. The smallest absolute Gasteiger partial charge is 0.335 e. The molecule has 1 aromatic heterocycles. The van der Waals surface area contributed by atoms with Crippen LogP contribution in [0.15, 0.2) is 33.9 Å². The maximum absolute atomic E-state index is 12.1. The lowest BCUT2D eigenvalue weighted by Crippen LogP contribution is -2.24. The molecule has 1 aromatic carbocycles. The zero-order chi connectivity index (χ0) is 14.8. The minimum atomic E-state index is -3.79. The van der Waals surface area contributed by atoms with Gasteiger partial charge in [-0.3, -0.25) is 5.10 Å². The predicted molar refractivity (Wildman–Crippen MR) is 71.5 cm³/mol. The molecule has 3 N–H and O–H groups in total. The van der Waals surface area contributed by atoms with Gasteiger partial charge in [0.1, 0.15) is 12.2 Å². The van der Waals surface area contributed by atoms with Crippen molar-refractivity contribution in [3.05, 3.63) is 40.4 Å². The number of hydrogen-bond donors (Lipinski definition) is 3. The second kappa shape index (κ2) is 5.69. The molecule has 2 aromatic rings. The first kappa shape index (κ1) is 14.6. The molecular weight excluding hydrogens is 352 g/mol. The van der Waals surface area contributed by atoms with Crippen LogP contribution in [0.1, 0.15) is 16.2 Å². The van der Waals surface area contributed by atoms with Crippen molar-refractivity contribution >= 4 is 31.9 Å². The average Bonchev–Trinajstić information content (AvgIpc) is 2.89. The second-order valence-electron chi connectivity index (χ2n) is 3.71. The van der Waals surface area contributed by atoms with Crippen molar-refractivity contribution < 1.29 is 18.3 Å². The van der Waals surface area contributed by atoms with Gasteiger partial charge < -0.3 is 5.11 Å². The van der Waals surface area contributed by atoms with Crippen LogP contribution in [0.2, 0.25) is 0 Å². The molecule has 2 rings (SSSR count). The zero-order valence-electron chi connectivity index (χ0n) is 9.87. The summed E-state index contributed by atoms with van der Waals surface area (Å²) in [5, 5.41) is 14.9. The quantitative estimate of drug-likeness (QED) is 0.722. The van der Waals surface area contributed by atoms with E-state index in [0.29, 0.717) is 5.82 Å². The van der Waals surface area contributed by atoms with Gasteiger partial charge in [-0.25, -0.2) is 22.9 Å². The number of hydrogen-bond acceptors (Lipinski definition) is 5. The number of carboxylic acid groups (broad SMARTS) is 1. The summed E-state index contributed by atoms with van der Waals surface area (Å²) in [7, 11) is -3.79. The van der Waals surface area contributed by atoms with Crippen molar-refractivity contribution in [3.8, 4) is 0 Å². The Balaban J connectivity index is 2.23. The van der Waals surface area contributed by atoms with Crippen molar-refractivity contribution in [1.29, 1.82) is 0 Å². The third-order valence-corrected chi connectivity index (χ3v) is 4.74. The molecule has 20 heavy (non-hydrogen) atoms. The van der Waals surface area contributed by atoms with Crippen molar-refractivity contribution in [2.75, 3.05) is 0 Å². The highest BCUT2D eigenvalue weighted by molar-refractivity contribution is 9.10. The fourth-order valence-corrected chi connectivity index (χ4v) is 3.47. The number of H-pyrrole nitrogens is 1. The average molecular weight is 361 g/mol. The molecule has 10 heteroatoms. The number of halogens is 1. The number of aromatic nitrogens is 3. The Labute approximate surface area is 122 Å². The fraction of sp³-hybridized carbons (Fsp3) is 0.100. The molecule has 0 fully saturated rings. The zero-order valence-corrected chi connectivity index (χ0v) is 12.3. The number of carboxylic acids is 1. The molecule has 0 unspecified atom stereocenters. The van der Waals surface area contributed by atoms with E-state index in [1.165, 1.54) is 24.5 Å². The Morgan fingerprint density at radius 1 is 1.45 bits per heavy atom. The molecule has 0 aliphatic carbocycles. The Kier molecular flexibility index (Phi) is 4.16. The van der Waals surface area contributed by atoms with Gasteiger partial charge in [0.05, 0.1) is 17.0 Å². The Hall–Kier alpha value is -1.78. The van der Waals surface area contributed by atoms with E-state index < -0.39 is 16.0 Å². The van der Waals surface area contributed by atoms with Crippen molar-refractivity contribution in [3.63, 3.8) is 0 Å². The van der Waals surface area contributed by atoms with Crippen LogP contribution in [0, 0.1) is 0 Å². The van der Waals surface area contributed by atoms with Gasteiger partial charge in [-0.1, -0.05) is 0 Å². The summed E-state index contributed by atoms with van der Waals surface area (Å²) in [6.07, 6.45) is 1.27. The molecule has 0 amide bonds. The SMILES string of the molecule is O=C(O)c1ccc(S(=O)(=O)NCc2ncn[nH]2)c(Br)c1. The summed E-state index contributed by atoms with van der Waals surface area (Å²) in [6, 6.07) is 3.66. The van der Waals surface area contributed by atoms with E-state index in [0.717, 1.165) is 0 Å². The van der Waals surface area contributed by atoms with Crippen LogP contribution < -0.4 is 4.72 Å². The van der Waals surface area contributed by atoms with Crippen LogP contribution in [-0.2, 0) is 16.6 Å². The molecule has 106 valence electrons. The topological polar surface area (TPSA) is 125 Å². The van der Waals surface area contributed by atoms with Crippen molar-refractivity contribution in [1.82, 2.24) is 19.9 Å². The predicted octanol–water partition coefficient (Wildman–Crippen LogP) is 0.744. The van der Waals surface area contributed by atoms with E-state index in [1.54, 1.807) is 0 Å². The number of nitrogens with one attached hydrogen (secondary N) is 2. The summed E-state index contributed by atoms with van der Waals surface area (Å²) in [5.41, 5.74) is -0.00828. The molecule has 1 heterocycles. The lowest BCUT2D eigenvalue weighted by Gasteiger charge is -2.08. The molecule has 0 saturated carbocycles. The van der Waals surface area contributed by atoms with Gasteiger partial charge >= 0.3 is 5.97 Å². The molecule has 0 bridgehead atoms. The first-order chi connectivity index (χ1) is 9.40. The van der Waals surface area contributed by atoms with Gasteiger partial charge in [-0.05, 0) is 34.1 Å². The van der Waals surface area contributed by atoms with E-state index in [4.69, 9.17) is 5.11 Å². The maximum Gasteiger partial charge on any atom is 0.335 e. The van der Waals surface area contributed by atoms with E-state index in [1.807, 2.05) is 0 Å². The molecule has 0 aliphatic heterocycles. The van der Waals surface area contributed by atoms with Crippen molar-refractivity contribution in [2.24, 2.45) is 0 Å². The standard InChI is InChI=1S/C10H9BrN4O4S/c11-7-3-6(10(16)17)1-2-8(7)20(18,19)14-4-9-12-5-13-15-9/h1-3,5,14H,4H2,(H,16,17)(H,12,13,15). The highest BCUT2D eigenvalue weighted by Crippen LogP contribution is 2.23. The van der Waals surface area contributed by atoms with Crippen LogP contribution in [0.25, 0.3) is 0 Å². The van der Waals surface area contributed by atoms with Crippen LogP contribution in [-0.4, -0.2) is 34.7 Å². The third kappa shape index (κ3) is 3.21. The summed E-state index contributed by atoms with van der Waals surface area (Å²) in [4.78, 5) is 14.5. The van der Waals surface area contributed by atoms with E-state index >= 15 is 0 Å². The van der Waals surface area contributed by atoms with Crippen LogP contribution in [0.3, 0.4) is 0 Å². The monoisotopic (exact) mass is 360 g/mol. The highest BCUT2D eigenvalue weighted by atomic mass is 79.9. The molecular formula is C10H9BrN4O4S. The number of carbonyl (C=O) groups is 1. The number of nitrogens with zero attached hydrogens (tertiary/aromatic N) is 2. The molecule has 8 nitrogen and oxygen atoms in total. The summed E-state index contributed by atoms with van der Waals surface area (Å²) in [6.45, 7) is -0.0462. The molecule has 0 saturated heterocycles. The van der Waals surface area contributed by atoms with Crippen molar-refractivity contribution in [2.45, 2.75) is 11.4 Å². The van der Waals surface area contributed by atoms with Crippen LogP contribution >= 0.6 is 15.9 Å². The number of sulfonamides is 1. The normalized spacial score (nSPS) is 11.4. The maximum atomic E-state index is 12.1.